The zero-order valence-electron chi connectivity index (χ0n) is 14.5. The van der Waals surface area contributed by atoms with Crippen LogP contribution in [0.15, 0.2) is 18.2 Å². The highest BCUT2D eigenvalue weighted by molar-refractivity contribution is 5.93. The fraction of sp³-hybridized carbons (Fsp3) is 0.529. The van der Waals surface area contributed by atoms with Crippen molar-refractivity contribution in [1.29, 1.82) is 0 Å². The van der Waals surface area contributed by atoms with E-state index in [1.54, 1.807) is 14.2 Å². The summed E-state index contributed by atoms with van der Waals surface area (Å²) in [6.45, 7) is 2.68. The molecule has 0 bridgehead atoms. The van der Waals surface area contributed by atoms with Crippen LogP contribution in [0.5, 0.6) is 11.5 Å². The van der Waals surface area contributed by atoms with Gasteiger partial charge in [0.2, 0.25) is 0 Å². The average molecular weight is 337 g/mol. The number of quaternary nitrogens is 1. The Bertz CT molecular complexity index is 605. The molecule has 2 rings (SSSR count). The Hall–Kier alpha value is -2.28. The smallest absolute Gasteiger partial charge is 0.413 e. The zero-order valence-corrected chi connectivity index (χ0v) is 14.5. The average Bonchev–Trinajstić information content (AvgIpc) is 3.09. The van der Waals surface area contributed by atoms with Crippen molar-refractivity contribution >= 4 is 12.0 Å². The Labute approximate surface area is 141 Å². The topological polar surface area (TPSA) is 78.3 Å². The van der Waals surface area contributed by atoms with E-state index in [-0.39, 0.29) is 18.0 Å². The Morgan fingerprint density at radius 1 is 1.25 bits per heavy atom. The molecule has 1 aliphatic rings. The fourth-order valence-electron chi connectivity index (χ4n) is 3.28. The van der Waals surface area contributed by atoms with E-state index in [1.165, 1.54) is 7.11 Å². The summed E-state index contributed by atoms with van der Waals surface area (Å²) in [5.74, 6) is 1.14. The van der Waals surface area contributed by atoms with Gasteiger partial charge in [-0.25, -0.2) is 4.79 Å². The van der Waals surface area contributed by atoms with Gasteiger partial charge in [0, 0.05) is 18.9 Å². The summed E-state index contributed by atoms with van der Waals surface area (Å²) in [5.41, 5.74) is 1.04. The molecule has 24 heavy (non-hydrogen) atoms. The van der Waals surface area contributed by atoms with Crippen molar-refractivity contribution in [2.24, 2.45) is 0 Å². The molecule has 1 aromatic rings. The molecule has 0 aromatic heterocycles. The lowest BCUT2D eigenvalue weighted by Crippen LogP contribution is -3.15. The molecule has 2 N–H and O–H groups in total. The molecule has 1 fully saturated rings. The van der Waals surface area contributed by atoms with Crippen molar-refractivity contribution in [2.75, 3.05) is 27.9 Å². The van der Waals surface area contributed by atoms with Gasteiger partial charge in [-0.15, -0.1) is 0 Å². The number of likely N-dealkylation sites (tertiary alicyclic amines) is 1. The number of ether oxygens (including phenoxy) is 3. The lowest BCUT2D eigenvalue weighted by molar-refractivity contribution is -0.932. The van der Waals surface area contributed by atoms with Gasteiger partial charge >= 0.3 is 6.09 Å². The van der Waals surface area contributed by atoms with Crippen LogP contribution in [0.3, 0.4) is 0 Å². The van der Waals surface area contributed by atoms with E-state index in [4.69, 9.17) is 9.47 Å². The number of amides is 2. The van der Waals surface area contributed by atoms with Crippen molar-refractivity contribution in [3.8, 4) is 11.5 Å². The molecular formula is C17H25N2O5+. The molecule has 0 saturated carbocycles. The number of nitrogens with one attached hydrogen (secondary N) is 2. The minimum Gasteiger partial charge on any atom is -0.497 e. The van der Waals surface area contributed by atoms with Crippen LogP contribution in [0, 0.1) is 0 Å². The Balaban J connectivity index is 2.21. The predicted molar refractivity (Wildman–Crippen MR) is 87.4 cm³/mol. The van der Waals surface area contributed by atoms with E-state index in [2.05, 4.69) is 10.1 Å². The van der Waals surface area contributed by atoms with Gasteiger partial charge in [-0.1, -0.05) is 0 Å². The van der Waals surface area contributed by atoms with Gasteiger partial charge in [-0.2, -0.15) is 0 Å². The number of alkyl carbamates (subject to hydrolysis) is 1. The molecule has 1 aromatic carbocycles. The van der Waals surface area contributed by atoms with Crippen molar-refractivity contribution in [1.82, 2.24) is 5.32 Å². The molecule has 1 aliphatic heterocycles. The number of hydrogen-bond acceptors (Lipinski definition) is 5. The third-order valence-electron chi connectivity index (χ3n) is 4.58. The summed E-state index contributed by atoms with van der Waals surface area (Å²) in [6.07, 6.45) is 1.22. The van der Waals surface area contributed by atoms with E-state index in [1.807, 2.05) is 25.1 Å². The first-order valence-electron chi connectivity index (χ1n) is 7.98. The third-order valence-corrected chi connectivity index (χ3v) is 4.58. The maximum absolute atomic E-state index is 12.2. The minimum atomic E-state index is -0.732. The molecule has 1 unspecified atom stereocenters. The van der Waals surface area contributed by atoms with Crippen LogP contribution in [-0.2, 0) is 9.53 Å². The maximum atomic E-state index is 12.2. The van der Waals surface area contributed by atoms with Crippen molar-refractivity contribution in [3.63, 3.8) is 0 Å². The van der Waals surface area contributed by atoms with E-state index in [0.717, 1.165) is 41.3 Å². The largest absolute Gasteiger partial charge is 0.497 e. The van der Waals surface area contributed by atoms with Crippen LogP contribution in [0.25, 0.3) is 0 Å². The Morgan fingerprint density at radius 3 is 2.62 bits per heavy atom. The minimum absolute atomic E-state index is 0.129. The molecule has 7 heteroatoms. The molecule has 0 spiro atoms. The third kappa shape index (κ3) is 3.79. The molecule has 0 radical (unpaired) electrons. The SMILES string of the molecule is COC(=O)NC(=O)[C@@H](C)[NH+]1CCC[C@@H]1c1ccc(OC)cc1OC. The molecule has 1 heterocycles. The normalized spacial score (nSPS) is 21.0. The first-order valence-corrected chi connectivity index (χ1v) is 7.98. The van der Waals surface area contributed by atoms with Gasteiger partial charge in [0.05, 0.1) is 33.4 Å². The standard InChI is InChI=1S/C17H24N2O5/c1-11(16(20)18-17(21)24-4)19-9-5-6-14(19)13-8-7-12(22-2)10-15(13)23-3/h7-8,10-11,14H,5-6,9H2,1-4H3,(H,18,20,21)/p+1/t11-,14-/m1/s1. The fourth-order valence-corrected chi connectivity index (χ4v) is 3.28. The number of benzene rings is 1. The quantitative estimate of drug-likeness (QED) is 0.827. The first kappa shape index (κ1) is 18.1. The number of hydrogen-bond donors (Lipinski definition) is 2. The summed E-state index contributed by atoms with van der Waals surface area (Å²) in [5, 5.41) is 2.25. The second kappa shape index (κ2) is 8.01. The molecule has 132 valence electrons. The highest BCUT2D eigenvalue weighted by atomic mass is 16.5. The molecule has 2 amide bonds. The monoisotopic (exact) mass is 337 g/mol. The van der Waals surface area contributed by atoms with E-state index >= 15 is 0 Å². The van der Waals surface area contributed by atoms with Crippen LogP contribution >= 0.6 is 0 Å². The van der Waals surface area contributed by atoms with Gasteiger partial charge in [-0.3, -0.25) is 10.1 Å². The summed E-state index contributed by atoms with van der Waals surface area (Å²) >= 11 is 0. The van der Waals surface area contributed by atoms with Gasteiger partial charge in [0.25, 0.3) is 5.91 Å². The second-order valence-corrected chi connectivity index (χ2v) is 5.83. The molecule has 7 nitrogen and oxygen atoms in total. The van der Waals surface area contributed by atoms with Crippen LogP contribution in [0.4, 0.5) is 4.79 Å². The highest BCUT2D eigenvalue weighted by Gasteiger charge is 2.39. The molecular weight excluding hydrogens is 312 g/mol. The Kier molecular flexibility index (Phi) is 6.03. The second-order valence-electron chi connectivity index (χ2n) is 5.83. The summed E-state index contributed by atoms with van der Waals surface area (Å²) in [7, 11) is 4.47. The predicted octanol–water partition coefficient (Wildman–Crippen LogP) is 0.695. The summed E-state index contributed by atoms with van der Waals surface area (Å²) < 4.78 is 15.2. The number of rotatable bonds is 5. The van der Waals surface area contributed by atoms with Gasteiger partial charge in [0.1, 0.15) is 17.5 Å². The van der Waals surface area contributed by atoms with E-state index < -0.39 is 6.09 Å². The number of carbonyl (C=O) groups excluding carboxylic acids is 2. The van der Waals surface area contributed by atoms with Gasteiger partial charge in [-0.05, 0) is 19.1 Å². The Morgan fingerprint density at radius 2 is 2.00 bits per heavy atom. The lowest BCUT2D eigenvalue weighted by Gasteiger charge is -2.27. The summed E-state index contributed by atoms with van der Waals surface area (Å²) in [4.78, 5) is 24.6. The first-order chi connectivity index (χ1) is 11.5. The van der Waals surface area contributed by atoms with Crippen LogP contribution in [0.1, 0.15) is 31.4 Å². The molecule has 0 aliphatic carbocycles. The van der Waals surface area contributed by atoms with Crippen LogP contribution < -0.4 is 19.7 Å². The van der Waals surface area contributed by atoms with Crippen molar-refractivity contribution in [2.45, 2.75) is 31.8 Å². The number of carbonyl (C=O) groups is 2. The number of methoxy groups -OCH3 is 3. The van der Waals surface area contributed by atoms with Gasteiger partial charge < -0.3 is 19.1 Å². The molecule has 3 atom stereocenters. The highest BCUT2D eigenvalue weighted by Crippen LogP contribution is 2.31. The summed E-state index contributed by atoms with van der Waals surface area (Å²) in [6, 6.07) is 5.49. The van der Waals surface area contributed by atoms with Crippen LogP contribution in [0.2, 0.25) is 0 Å². The lowest BCUT2D eigenvalue weighted by atomic mass is 10.0. The molecule has 1 saturated heterocycles. The maximum Gasteiger partial charge on any atom is 0.413 e. The van der Waals surface area contributed by atoms with E-state index in [9.17, 15) is 9.59 Å². The van der Waals surface area contributed by atoms with Crippen molar-refractivity contribution in [3.05, 3.63) is 23.8 Å². The van der Waals surface area contributed by atoms with Gasteiger partial charge in [0.15, 0.2) is 6.04 Å². The number of imide groups is 1. The van der Waals surface area contributed by atoms with Crippen molar-refractivity contribution < 1.29 is 28.7 Å². The zero-order chi connectivity index (χ0) is 17.7. The van der Waals surface area contributed by atoms with E-state index in [0.29, 0.717) is 0 Å². The van der Waals surface area contributed by atoms with Crippen LogP contribution in [-0.4, -0.2) is 45.9 Å².